The first-order valence-corrected chi connectivity index (χ1v) is 5.33. The second-order valence-corrected chi connectivity index (χ2v) is 3.81. The molecule has 1 N–H and O–H groups in total. The van der Waals surface area contributed by atoms with E-state index in [0.717, 1.165) is 12.0 Å². The molecule has 88 valence electrons. The van der Waals surface area contributed by atoms with Crippen LogP contribution < -0.4 is 0 Å². The number of carboxylic acid groups (broad SMARTS) is 1. The highest BCUT2D eigenvalue weighted by Gasteiger charge is 2.11. The van der Waals surface area contributed by atoms with E-state index in [1.165, 1.54) is 0 Å². The van der Waals surface area contributed by atoms with Gasteiger partial charge in [-0.25, -0.2) is 4.79 Å². The van der Waals surface area contributed by atoms with Crippen molar-refractivity contribution in [3.8, 4) is 0 Å². The molecular formula is C12H13N3O2. The lowest BCUT2D eigenvalue weighted by Gasteiger charge is -2.00. The normalized spacial score (nSPS) is 10.4. The average molecular weight is 231 g/mol. The monoisotopic (exact) mass is 231 g/mol. The smallest absolute Gasteiger partial charge is 0.339 e. The Labute approximate surface area is 98.7 Å². The number of rotatable bonds is 4. The number of aryl methyl sites for hydroxylation is 3. The summed E-state index contributed by atoms with van der Waals surface area (Å²) in [6.45, 7) is 2.35. The minimum absolute atomic E-state index is 0.260. The van der Waals surface area contributed by atoms with E-state index < -0.39 is 5.97 Å². The molecule has 0 fully saturated rings. The predicted molar refractivity (Wildman–Crippen MR) is 61.9 cm³/mol. The maximum atomic E-state index is 10.8. The molecule has 0 saturated heterocycles. The van der Waals surface area contributed by atoms with Crippen molar-refractivity contribution in [1.82, 2.24) is 14.8 Å². The second-order valence-electron chi connectivity index (χ2n) is 3.81. The van der Waals surface area contributed by atoms with Gasteiger partial charge in [-0.05, 0) is 25.0 Å². The minimum atomic E-state index is -0.935. The molecule has 0 atom stereocenters. The van der Waals surface area contributed by atoms with Gasteiger partial charge in [0.05, 0.1) is 5.69 Å². The molecule has 5 heteroatoms. The highest BCUT2D eigenvalue weighted by molar-refractivity contribution is 5.88. The summed E-state index contributed by atoms with van der Waals surface area (Å²) in [5.74, 6) is -0.935. The van der Waals surface area contributed by atoms with Crippen LogP contribution in [0.15, 0.2) is 30.7 Å². The largest absolute Gasteiger partial charge is 0.478 e. The molecular weight excluding hydrogens is 218 g/mol. The number of carbonyl (C=O) groups is 1. The molecule has 0 spiro atoms. The van der Waals surface area contributed by atoms with Crippen molar-refractivity contribution in [2.45, 2.75) is 19.9 Å². The minimum Gasteiger partial charge on any atom is -0.478 e. The maximum Gasteiger partial charge on any atom is 0.339 e. The van der Waals surface area contributed by atoms with Crippen LogP contribution in [0.25, 0.3) is 0 Å². The van der Waals surface area contributed by atoms with Gasteiger partial charge >= 0.3 is 5.97 Å². The molecule has 0 aliphatic rings. The third kappa shape index (κ3) is 2.69. The maximum absolute atomic E-state index is 10.8. The fourth-order valence-electron chi connectivity index (χ4n) is 1.63. The Balaban J connectivity index is 2.05. The summed E-state index contributed by atoms with van der Waals surface area (Å²) in [6, 6.07) is 3.87. The van der Waals surface area contributed by atoms with Crippen LogP contribution >= 0.6 is 0 Å². The SMILES string of the molecule is Cc1nn(CCc2cccnc2)cc1C(=O)O. The Morgan fingerprint density at radius 3 is 2.94 bits per heavy atom. The lowest BCUT2D eigenvalue weighted by atomic mass is 10.2. The Hall–Kier alpha value is -2.17. The molecule has 0 aromatic carbocycles. The number of aromatic nitrogens is 3. The zero-order chi connectivity index (χ0) is 12.3. The van der Waals surface area contributed by atoms with E-state index >= 15 is 0 Å². The fraction of sp³-hybridized carbons (Fsp3) is 0.250. The van der Waals surface area contributed by atoms with Gasteiger partial charge in [-0.2, -0.15) is 5.10 Å². The van der Waals surface area contributed by atoms with Crippen molar-refractivity contribution in [2.24, 2.45) is 0 Å². The summed E-state index contributed by atoms with van der Waals surface area (Å²) >= 11 is 0. The Morgan fingerprint density at radius 2 is 2.35 bits per heavy atom. The Morgan fingerprint density at radius 1 is 1.53 bits per heavy atom. The van der Waals surface area contributed by atoms with Gasteiger partial charge in [0.25, 0.3) is 0 Å². The van der Waals surface area contributed by atoms with Crippen molar-refractivity contribution < 1.29 is 9.90 Å². The van der Waals surface area contributed by atoms with Crippen LogP contribution in [0.3, 0.4) is 0 Å². The standard InChI is InChI=1S/C12H13N3O2/c1-9-11(12(16)17)8-15(14-9)6-4-10-3-2-5-13-7-10/h2-3,5,7-8H,4,6H2,1H3,(H,16,17). The third-order valence-electron chi connectivity index (χ3n) is 2.53. The van der Waals surface area contributed by atoms with Gasteiger partial charge in [0.15, 0.2) is 0 Å². The number of nitrogens with zero attached hydrogens (tertiary/aromatic N) is 3. The van der Waals surface area contributed by atoms with Gasteiger partial charge in [0.1, 0.15) is 5.56 Å². The molecule has 0 saturated carbocycles. The molecule has 0 bridgehead atoms. The van der Waals surface area contributed by atoms with E-state index in [1.54, 1.807) is 30.2 Å². The zero-order valence-corrected chi connectivity index (χ0v) is 9.50. The molecule has 2 heterocycles. The van der Waals surface area contributed by atoms with Gasteiger partial charge in [-0.3, -0.25) is 9.67 Å². The van der Waals surface area contributed by atoms with Crippen molar-refractivity contribution in [3.63, 3.8) is 0 Å². The Kier molecular flexibility index (Phi) is 3.18. The van der Waals surface area contributed by atoms with Gasteiger partial charge < -0.3 is 5.11 Å². The van der Waals surface area contributed by atoms with Crippen LogP contribution in [0.4, 0.5) is 0 Å². The third-order valence-corrected chi connectivity index (χ3v) is 2.53. The van der Waals surface area contributed by atoms with Crippen LogP contribution in [0, 0.1) is 6.92 Å². The molecule has 0 aliphatic carbocycles. The summed E-state index contributed by atoms with van der Waals surface area (Å²) in [6.07, 6.45) is 5.88. The van der Waals surface area contributed by atoms with Gasteiger partial charge in [-0.1, -0.05) is 6.07 Å². The number of pyridine rings is 1. The zero-order valence-electron chi connectivity index (χ0n) is 9.50. The predicted octanol–water partition coefficient (Wildman–Crippen LogP) is 1.53. The van der Waals surface area contributed by atoms with Crippen molar-refractivity contribution in [3.05, 3.63) is 47.5 Å². The van der Waals surface area contributed by atoms with E-state index in [-0.39, 0.29) is 5.56 Å². The van der Waals surface area contributed by atoms with Crippen molar-refractivity contribution in [2.75, 3.05) is 0 Å². The summed E-state index contributed by atoms with van der Waals surface area (Å²) in [4.78, 5) is 14.9. The lowest BCUT2D eigenvalue weighted by Crippen LogP contribution is -2.02. The average Bonchev–Trinajstić information content (AvgIpc) is 2.69. The van der Waals surface area contributed by atoms with E-state index in [0.29, 0.717) is 12.2 Å². The van der Waals surface area contributed by atoms with Crippen LogP contribution in [-0.2, 0) is 13.0 Å². The second kappa shape index (κ2) is 4.78. The van der Waals surface area contributed by atoms with Crippen molar-refractivity contribution in [1.29, 1.82) is 0 Å². The highest BCUT2D eigenvalue weighted by atomic mass is 16.4. The summed E-state index contributed by atoms with van der Waals surface area (Å²) in [7, 11) is 0. The number of hydrogen-bond donors (Lipinski definition) is 1. The number of carboxylic acids is 1. The summed E-state index contributed by atoms with van der Waals surface area (Å²) in [5.41, 5.74) is 1.91. The first-order valence-electron chi connectivity index (χ1n) is 5.33. The van der Waals surface area contributed by atoms with E-state index in [2.05, 4.69) is 10.1 Å². The molecule has 2 aromatic rings. The summed E-state index contributed by atoms with van der Waals surface area (Å²) in [5, 5.41) is 13.1. The number of aromatic carboxylic acids is 1. The van der Waals surface area contributed by atoms with Crippen LogP contribution in [0.5, 0.6) is 0 Å². The van der Waals surface area contributed by atoms with Crippen LogP contribution in [-0.4, -0.2) is 25.8 Å². The molecule has 2 rings (SSSR count). The van der Waals surface area contributed by atoms with E-state index in [9.17, 15) is 4.79 Å². The first-order chi connectivity index (χ1) is 8.16. The van der Waals surface area contributed by atoms with Gasteiger partial charge in [0, 0.05) is 25.1 Å². The Bertz CT molecular complexity index is 520. The quantitative estimate of drug-likeness (QED) is 0.866. The molecule has 0 unspecified atom stereocenters. The molecule has 0 amide bonds. The molecule has 0 radical (unpaired) electrons. The molecule has 0 aliphatic heterocycles. The van der Waals surface area contributed by atoms with Crippen LogP contribution in [0.1, 0.15) is 21.6 Å². The van der Waals surface area contributed by atoms with Crippen molar-refractivity contribution >= 4 is 5.97 Å². The van der Waals surface area contributed by atoms with Gasteiger partial charge in [-0.15, -0.1) is 0 Å². The topological polar surface area (TPSA) is 68.0 Å². The number of hydrogen-bond acceptors (Lipinski definition) is 3. The fourth-order valence-corrected chi connectivity index (χ4v) is 1.63. The van der Waals surface area contributed by atoms with E-state index in [1.807, 2.05) is 12.1 Å². The van der Waals surface area contributed by atoms with E-state index in [4.69, 9.17) is 5.11 Å². The first kappa shape index (κ1) is 11.3. The molecule has 2 aromatic heterocycles. The summed E-state index contributed by atoms with van der Waals surface area (Å²) < 4.78 is 1.66. The lowest BCUT2D eigenvalue weighted by molar-refractivity contribution is 0.0696. The highest BCUT2D eigenvalue weighted by Crippen LogP contribution is 2.06. The molecule has 17 heavy (non-hydrogen) atoms. The van der Waals surface area contributed by atoms with Gasteiger partial charge in [0.2, 0.25) is 0 Å². The van der Waals surface area contributed by atoms with Crippen LogP contribution in [0.2, 0.25) is 0 Å². The molecule has 5 nitrogen and oxygen atoms in total.